The molecule has 0 aliphatic heterocycles. The van der Waals surface area contributed by atoms with Gasteiger partial charge in [-0.25, -0.2) is 0 Å². The number of nitrogens with zero attached hydrogens (tertiary/aromatic N) is 2. The molecule has 2 rings (SSSR count). The summed E-state index contributed by atoms with van der Waals surface area (Å²) in [6, 6.07) is 6.42. The Bertz CT molecular complexity index is 629. The van der Waals surface area contributed by atoms with Crippen molar-refractivity contribution < 1.29 is 18.0 Å². The number of benzene rings is 1. The lowest BCUT2D eigenvalue weighted by Gasteiger charge is -2.08. The molecule has 0 spiro atoms. The van der Waals surface area contributed by atoms with E-state index in [0.29, 0.717) is 11.3 Å². The highest BCUT2D eigenvalue weighted by atomic mass is 19.4. The number of hydrogen-bond donors (Lipinski definition) is 0. The van der Waals surface area contributed by atoms with E-state index in [0.717, 1.165) is 12.1 Å². The van der Waals surface area contributed by atoms with Crippen molar-refractivity contribution in [3.05, 3.63) is 41.6 Å². The molecule has 19 heavy (non-hydrogen) atoms. The molecule has 3 nitrogen and oxygen atoms in total. The first kappa shape index (κ1) is 13.3. The van der Waals surface area contributed by atoms with Gasteiger partial charge in [0.25, 0.3) is 0 Å². The van der Waals surface area contributed by atoms with Gasteiger partial charge in [0.2, 0.25) is 0 Å². The van der Waals surface area contributed by atoms with Gasteiger partial charge >= 0.3 is 6.18 Å². The lowest BCUT2D eigenvalue weighted by molar-refractivity contribution is -0.137. The van der Waals surface area contributed by atoms with Crippen molar-refractivity contribution in [1.29, 1.82) is 0 Å². The molecule has 1 aromatic heterocycles. The van der Waals surface area contributed by atoms with Crippen molar-refractivity contribution in [2.45, 2.75) is 13.1 Å². The maximum absolute atomic E-state index is 12.6. The molecule has 0 fully saturated rings. The first-order valence-electron chi connectivity index (χ1n) is 5.51. The number of ketones is 1. The van der Waals surface area contributed by atoms with Crippen molar-refractivity contribution in [2.24, 2.45) is 7.05 Å². The van der Waals surface area contributed by atoms with Crippen LogP contribution in [0.15, 0.2) is 30.3 Å². The number of Topliss-reactive ketones (excluding diaryl/α,β-unsaturated/α-hetero) is 1. The van der Waals surface area contributed by atoms with Crippen LogP contribution in [0, 0.1) is 0 Å². The van der Waals surface area contributed by atoms with Gasteiger partial charge in [0.15, 0.2) is 5.78 Å². The zero-order valence-electron chi connectivity index (χ0n) is 10.3. The molecule has 2 aromatic rings. The van der Waals surface area contributed by atoms with Gasteiger partial charge in [-0.15, -0.1) is 0 Å². The maximum atomic E-state index is 12.6. The summed E-state index contributed by atoms with van der Waals surface area (Å²) in [6.07, 6.45) is -4.39. The Hall–Kier alpha value is -2.11. The Morgan fingerprint density at radius 2 is 1.95 bits per heavy atom. The van der Waals surface area contributed by atoms with Crippen molar-refractivity contribution in [3.8, 4) is 11.3 Å². The lowest BCUT2D eigenvalue weighted by Crippen LogP contribution is -2.05. The van der Waals surface area contributed by atoms with Gasteiger partial charge < -0.3 is 0 Å². The molecule has 0 saturated carbocycles. The van der Waals surface area contributed by atoms with E-state index in [1.807, 2.05) is 0 Å². The molecule has 1 heterocycles. The SMILES string of the molecule is CC(=O)c1cc(-c2cccc(C(F)(F)F)c2)n(C)n1. The van der Waals surface area contributed by atoms with Crippen LogP contribution in [0.4, 0.5) is 13.2 Å². The minimum Gasteiger partial charge on any atom is -0.293 e. The fourth-order valence-corrected chi connectivity index (χ4v) is 1.76. The second-order valence-electron chi connectivity index (χ2n) is 4.17. The molecule has 0 atom stereocenters. The van der Waals surface area contributed by atoms with Gasteiger partial charge in [0, 0.05) is 19.5 Å². The Morgan fingerprint density at radius 1 is 1.26 bits per heavy atom. The molecule has 6 heteroatoms. The normalized spacial score (nSPS) is 11.6. The van der Waals surface area contributed by atoms with E-state index < -0.39 is 11.7 Å². The van der Waals surface area contributed by atoms with Crippen LogP contribution in [0.2, 0.25) is 0 Å². The molecule has 0 saturated heterocycles. The number of aromatic nitrogens is 2. The van der Waals surface area contributed by atoms with Crippen molar-refractivity contribution in [2.75, 3.05) is 0 Å². The number of aryl methyl sites for hydroxylation is 1. The van der Waals surface area contributed by atoms with Crippen LogP contribution in [-0.2, 0) is 13.2 Å². The topological polar surface area (TPSA) is 34.9 Å². The molecule has 0 N–H and O–H groups in total. The van der Waals surface area contributed by atoms with E-state index in [1.54, 1.807) is 13.1 Å². The third kappa shape index (κ3) is 2.67. The Kier molecular flexibility index (Phi) is 3.18. The van der Waals surface area contributed by atoms with E-state index in [1.165, 1.54) is 23.7 Å². The predicted molar refractivity (Wildman–Crippen MR) is 63.7 cm³/mol. The standard InChI is InChI=1S/C13H11F3N2O/c1-8(19)11-7-12(18(2)17-11)9-4-3-5-10(6-9)13(14,15)16/h3-7H,1-2H3. The lowest BCUT2D eigenvalue weighted by atomic mass is 10.1. The minimum absolute atomic E-state index is 0.228. The quantitative estimate of drug-likeness (QED) is 0.783. The summed E-state index contributed by atoms with van der Waals surface area (Å²) in [5.41, 5.74) is 0.346. The molecule has 0 aliphatic rings. The fraction of sp³-hybridized carbons (Fsp3) is 0.231. The molecule has 0 unspecified atom stereocenters. The number of carbonyl (C=O) groups excluding carboxylic acids is 1. The maximum Gasteiger partial charge on any atom is 0.416 e. The van der Waals surface area contributed by atoms with E-state index in [2.05, 4.69) is 5.10 Å². The predicted octanol–water partition coefficient (Wildman–Crippen LogP) is 3.31. The van der Waals surface area contributed by atoms with Gasteiger partial charge in [-0.1, -0.05) is 12.1 Å². The largest absolute Gasteiger partial charge is 0.416 e. The molecule has 0 amide bonds. The van der Waals surface area contributed by atoms with E-state index in [9.17, 15) is 18.0 Å². The van der Waals surface area contributed by atoms with Gasteiger partial charge in [0.1, 0.15) is 5.69 Å². The van der Waals surface area contributed by atoms with Crippen LogP contribution < -0.4 is 0 Å². The molecule has 0 aliphatic carbocycles. The molecular formula is C13H11F3N2O. The number of alkyl halides is 3. The van der Waals surface area contributed by atoms with Gasteiger partial charge in [0.05, 0.1) is 11.3 Å². The number of hydrogen-bond acceptors (Lipinski definition) is 2. The van der Waals surface area contributed by atoms with Gasteiger partial charge in [-0.2, -0.15) is 18.3 Å². The van der Waals surface area contributed by atoms with Crippen LogP contribution >= 0.6 is 0 Å². The third-order valence-corrected chi connectivity index (χ3v) is 2.73. The molecule has 0 radical (unpaired) electrons. The Labute approximate surface area is 107 Å². The van der Waals surface area contributed by atoms with Crippen LogP contribution in [-0.4, -0.2) is 15.6 Å². The van der Waals surface area contributed by atoms with E-state index >= 15 is 0 Å². The number of carbonyl (C=O) groups is 1. The summed E-state index contributed by atoms with van der Waals surface area (Å²) in [5.74, 6) is -0.228. The third-order valence-electron chi connectivity index (χ3n) is 2.73. The van der Waals surface area contributed by atoms with Crippen LogP contribution in [0.1, 0.15) is 23.0 Å². The molecule has 1 aromatic carbocycles. The summed E-state index contributed by atoms with van der Waals surface area (Å²) >= 11 is 0. The monoisotopic (exact) mass is 268 g/mol. The molecule has 100 valence electrons. The average molecular weight is 268 g/mol. The van der Waals surface area contributed by atoms with Crippen molar-refractivity contribution in [3.63, 3.8) is 0 Å². The first-order chi connectivity index (χ1) is 8.79. The minimum atomic E-state index is -4.39. The zero-order valence-corrected chi connectivity index (χ0v) is 10.3. The van der Waals surface area contributed by atoms with Gasteiger partial charge in [-0.3, -0.25) is 9.48 Å². The summed E-state index contributed by atoms with van der Waals surface area (Å²) in [7, 11) is 1.59. The van der Waals surface area contributed by atoms with Gasteiger partial charge in [-0.05, 0) is 18.2 Å². The zero-order chi connectivity index (χ0) is 14.2. The highest BCUT2D eigenvalue weighted by Gasteiger charge is 2.30. The highest BCUT2D eigenvalue weighted by Crippen LogP contribution is 2.32. The van der Waals surface area contributed by atoms with Crippen LogP contribution in [0.25, 0.3) is 11.3 Å². The summed E-state index contributed by atoms with van der Waals surface area (Å²) in [6.45, 7) is 1.36. The molecule has 0 bridgehead atoms. The first-order valence-corrected chi connectivity index (χ1v) is 5.51. The Balaban J connectivity index is 2.50. The summed E-state index contributed by atoms with van der Waals surface area (Å²) in [4.78, 5) is 11.2. The number of rotatable bonds is 2. The second kappa shape index (κ2) is 4.53. The molecular weight excluding hydrogens is 257 g/mol. The fourth-order valence-electron chi connectivity index (χ4n) is 1.76. The van der Waals surface area contributed by atoms with Crippen LogP contribution in [0.5, 0.6) is 0 Å². The Morgan fingerprint density at radius 3 is 2.47 bits per heavy atom. The van der Waals surface area contributed by atoms with Crippen molar-refractivity contribution in [1.82, 2.24) is 9.78 Å². The van der Waals surface area contributed by atoms with E-state index in [-0.39, 0.29) is 11.5 Å². The second-order valence-corrected chi connectivity index (χ2v) is 4.17. The smallest absolute Gasteiger partial charge is 0.293 e. The summed E-state index contributed by atoms with van der Waals surface area (Å²) in [5, 5.41) is 3.96. The average Bonchev–Trinajstić information content (AvgIpc) is 2.71. The van der Waals surface area contributed by atoms with E-state index in [4.69, 9.17) is 0 Å². The highest BCUT2D eigenvalue weighted by molar-refractivity contribution is 5.93. The number of halogens is 3. The van der Waals surface area contributed by atoms with Crippen LogP contribution in [0.3, 0.4) is 0 Å². The van der Waals surface area contributed by atoms with Crippen molar-refractivity contribution >= 4 is 5.78 Å². The summed E-state index contributed by atoms with van der Waals surface area (Å²) < 4.78 is 39.3.